The first-order chi connectivity index (χ1) is 10.2. The minimum Gasteiger partial charge on any atom is -0.393 e. The Kier molecular flexibility index (Phi) is 4.10. The zero-order chi connectivity index (χ0) is 14.8. The Morgan fingerprint density at radius 1 is 1.48 bits per heavy atom. The first-order valence-corrected chi connectivity index (χ1v) is 7.87. The van der Waals surface area contributed by atoms with Crippen molar-refractivity contribution in [1.29, 1.82) is 0 Å². The van der Waals surface area contributed by atoms with Gasteiger partial charge < -0.3 is 15.3 Å². The van der Waals surface area contributed by atoms with Gasteiger partial charge in [0, 0.05) is 31.7 Å². The number of nitrogens with one attached hydrogen (secondary N) is 1. The summed E-state index contributed by atoms with van der Waals surface area (Å²) in [6.45, 7) is 4.33. The predicted molar refractivity (Wildman–Crippen MR) is 81.1 cm³/mol. The van der Waals surface area contributed by atoms with Crippen molar-refractivity contribution >= 4 is 11.7 Å². The van der Waals surface area contributed by atoms with Crippen molar-refractivity contribution in [2.45, 2.75) is 32.3 Å². The first-order valence-electron chi connectivity index (χ1n) is 7.87. The minimum atomic E-state index is -0.237. The average molecular weight is 289 g/mol. The molecule has 0 bridgehead atoms. The molecule has 0 spiro atoms. The second kappa shape index (κ2) is 6.02. The van der Waals surface area contributed by atoms with Crippen LogP contribution in [0.25, 0.3) is 0 Å². The number of rotatable bonds is 4. The minimum absolute atomic E-state index is 0.0308. The van der Waals surface area contributed by atoms with Crippen molar-refractivity contribution in [3.63, 3.8) is 0 Å². The summed E-state index contributed by atoms with van der Waals surface area (Å²) in [4.78, 5) is 18.9. The van der Waals surface area contributed by atoms with Gasteiger partial charge in [0.15, 0.2) is 0 Å². The van der Waals surface area contributed by atoms with Crippen LogP contribution in [0.4, 0.5) is 5.82 Å². The van der Waals surface area contributed by atoms with Gasteiger partial charge in [0.2, 0.25) is 0 Å². The van der Waals surface area contributed by atoms with Crippen LogP contribution in [0.3, 0.4) is 0 Å². The number of hydrogen-bond acceptors (Lipinski definition) is 4. The van der Waals surface area contributed by atoms with Crippen molar-refractivity contribution in [3.05, 3.63) is 23.9 Å². The highest BCUT2D eigenvalue weighted by Crippen LogP contribution is 2.38. The van der Waals surface area contributed by atoms with Crippen molar-refractivity contribution in [2.24, 2.45) is 11.8 Å². The van der Waals surface area contributed by atoms with Crippen LogP contribution in [-0.4, -0.2) is 46.6 Å². The van der Waals surface area contributed by atoms with E-state index in [1.807, 2.05) is 11.0 Å². The number of fused-ring (bicyclic) bond motifs is 1. The molecule has 2 fully saturated rings. The van der Waals surface area contributed by atoms with E-state index in [2.05, 4.69) is 17.2 Å². The van der Waals surface area contributed by atoms with Crippen LogP contribution < -0.4 is 5.32 Å². The third kappa shape index (κ3) is 2.75. The SMILES string of the molecule is CCCNc1ncccc1C(=O)N1CC2CCC(O)C2C1. The number of amides is 1. The Bertz CT molecular complexity index is 520. The Balaban J connectivity index is 1.74. The van der Waals surface area contributed by atoms with Gasteiger partial charge in [0.1, 0.15) is 5.82 Å². The van der Waals surface area contributed by atoms with Crippen molar-refractivity contribution in [3.8, 4) is 0 Å². The number of carbonyl (C=O) groups excluding carboxylic acids is 1. The van der Waals surface area contributed by atoms with Crippen molar-refractivity contribution in [1.82, 2.24) is 9.88 Å². The Morgan fingerprint density at radius 2 is 2.33 bits per heavy atom. The van der Waals surface area contributed by atoms with Gasteiger partial charge in [0.05, 0.1) is 11.7 Å². The van der Waals surface area contributed by atoms with Crippen LogP contribution in [0.1, 0.15) is 36.5 Å². The smallest absolute Gasteiger partial charge is 0.257 e. The number of aliphatic hydroxyl groups excluding tert-OH is 1. The molecule has 1 amide bonds. The fourth-order valence-electron chi connectivity index (χ4n) is 3.53. The Labute approximate surface area is 125 Å². The molecule has 1 aromatic rings. The second-order valence-corrected chi connectivity index (χ2v) is 6.11. The summed E-state index contributed by atoms with van der Waals surface area (Å²) in [5.41, 5.74) is 0.639. The summed E-state index contributed by atoms with van der Waals surface area (Å²) in [6.07, 6.45) is 4.37. The van der Waals surface area contributed by atoms with Gasteiger partial charge in [-0.15, -0.1) is 0 Å². The summed E-state index contributed by atoms with van der Waals surface area (Å²) in [6, 6.07) is 3.63. The van der Waals surface area contributed by atoms with Crippen LogP contribution in [0.15, 0.2) is 18.3 Å². The lowest BCUT2D eigenvalue weighted by Gasteiger charge is -2.20. The highest BCUT2D eigenvalue weighted by atomic mass is 16.3. The molecule has 2 aliphatic rings. The lowest BCUT2D eigenvalue weighted by Crippen LogP contribution is -2.31. The summed E-state index contributed by atoms with van der Waals surface area (Å²) in [5, 5.41) is 13.2. The van der Waals surface area contributed by atoms with E-state index >= 15 is 0 Å². The third-order valence-electron chi connectivity index (χ3n) is 4.69. The zero-order valence-corrected chi connectivity index (χ0v) is 12.5. The molecule has 5 heteroatoms. The Hall–Kier alpha value is -1.62. The molecule has 114 valence electrons. The van der Waals surface area contributed by atoms with Crippen molar-refractivity contribution in [2.75, 3.05) is 25.0 Å². The molecule has 5 nitrogen and oxygen atoms in total. The summed E-state index contributed by atoms with van der Waals surface area (Å²) in [5.74, 6) is 1.43. The molecule has 3 atom stereocenters. The van der Waals surface area contributed by atoms with Crippen LogP contribution >= 0.6 is 0 Å². The normalized spacial score (nSPS) is 27.7. The maximum atomic E-state index is 12.7. The van der Waals surface area contributed by atoms with Gasteiger partial charge in [-0.25, -0.2) is 4.98 Å². The fourth-order valence-corrected chi connectivity index (χ4v) is 3.53. The van der Waals surface area contributed by atoms with Gasteiger partial charge >= 0.3 is 0 Å². The van der Waals surface area contributed by atoms with E-state index in [4.69, 9.17) is 0 Å². The van der Waals surface area contributed by atoms with Gasteiger partial charge in [-0.2, -0.15) is 0 Å². The number of likely N-dealkylation sites (tertiary alicyclic amines) is 1. The van der Waals surface area contributed by atoms with Crippen LogP contribution in [0, 0.1) is 11.8 Å². The van der Waals surface area contributed by atoms with E-state index in [-0.39, 0.29) is 17.9 Å². The molecular formula is C16H23N3O2. The Morgan fingerprint density at radius 3 is 3.10 bits per heavy atom. The zero-order valence-electron chi connectivity index (χ0n) is 12.5. The lowest BCUT2D eigenvalue weighted by atomic mass is 10.00. The maximum Gasteiger partial charge on any atom is 0.257 e. The molecule has 1 aromatic heterocycles. The molecule has 1 aliphatic heterocycles. The molecular weight excluding hydrogens is 266 g/mol. The van der Waals surface area contributed by atoms with E-state index in [1.54, 1.807) is 12.3 Å². The topological polar surface area (TPSA) is 65.5 Å². The lowest BCUT2D eigenvalue weighted by molar-refractivity contribution is 0.0753. The molecule has 2 heterocycles. The van der Waals surface area contributed by atoms with Crippen LogP contribution in [-0.2, 0) is 0 Å². The number of carbonyl (C=O) groups is 1. The number of aliphatic hydroxyl groups is 1. The molecule has 3 unspecified atom stereocenters. The number of hydrogen-bond donors (Lipinski definition) is 2. The number of anilines is 1. The number of nitrogens with zero attached hydrogens (tertiary/aromatic N) is 2. The quantitative estimate of drug-likeness (QED) is 0.886. The molecule has 1 aliphatic carbocycles. The highest BCUT2D eigenvalue weighted by molar-refractivity contribution is 5.98. The van der Waals surface area contributed by atoms with E-state index in [0.29, 0.717) is 23.8 Å². The standard InChI is InChI=1S/C16H23N3O2/c1-2-7-17-15-12(4-3-8-18-15)16(21)19-9-11-5-6-14(20)13(11)10-19/h3-4,8,11,13-14,20H,2,5-7,9-10H2,1H3,(H,17,18). The fraction of sp³-hybridized carbons (Fsp3) is 0.625. The molecule has 1 saturated carbocycles. The molecule has 0 radical (unpaired) electrons. The second-order valence-electron chi connectivity index (χ2n) is 6.11. The van der Waals surface area contributed by atoms with Crippen LogP contribution in [0.2, 0.25) is 0 Å². The van der Waals surface area contributed by atoms with Gasteiger partial charge in [-0.1, -0.05) is 6.92 Å². The monoisotopic (exact) mass is 289 g/mol. The predicted octanol–water partition coefficient (Wildman–Crippen LogP) is 1.75. The molecule has 3 rings (SSSR count). The van der Waals surface area contributed by atoms with Gasteiger partial charge in [0.25, 0.3) is 5.91 Å². The first kappa shape index (κ1) is 14.3. The van der Waals surface area contributed by atoms with E-state index in [0.717, 1.165) is 32.4 Å². The van der Waals surface area contributed by atoms with E-state index < -0.39 is 0 Å². The van der Waals surface area contributed by atoms with E-state index in [9.17, 15) is 9.90 Å². The number of pyridine rings is 1. The molecule has 1 saturated heterocycles. The summed E-state index contributed by atoms with van der Waals surface area (Å²) >= 11 is 0. The van der Waals surface area contributed by atoms with Crippen molar-refractivity contribution < 1.29 is 9.90 Å². The maximum absolute atomic E-state index is 12.7. The van der Waals surface area contributed by atoms with Gasteiger partial charge in [-0.05, 0) is 37.3 Å². The summed E-state index contributed by atoms with van der Waals surface area (Å²) in [7, 11) is 0. The van der Waals surface area contributed by atoms with E-state index in [1.165, 1.54) is 0 Å². The van der Waals surface area contributed by atoms with Crippen LogP contribution in [0.5, 0.6) is 0 Å². The third-order valence-corrected chi connectivity index (χ3v) is 4.69. The molecule has 2 N–H and O–H groups in total. The largest absolute Gasteiger partial charge is 0.393 e. The van der Waals surface area contributed by atoms with Gasteiger partial charge in [-0.3, -0.25) is 4.79 Å². The summed E-state index contributed by atoms with van der Waals surface area (Å²) < 4.78 is 0. The average Bonchev–Trinajstić information content (AvgIpc) is 3.07. The molecule has 0 aromatic carbocycles. The highest BCUT2D eigenvalue weighted by Gasteiger charge is 2.43. The molecule has 21 heavy (non-hydrogen) atoms. The number of aromatic nitrogens is 1.